The van der Waals surface area contributed by atoms with Crippen molar-refractivity contribution < 1.29 is 0 Å². The lowest BCUT2D eigenvalue weighted by Gasteiger charge is -2.04. The summed E-state index contributed by atoms with van der Waals surface area (Å²) >= 11 is 6.18. The Morgan fingerprint density at radius 2 is 1.73 bits per heavy atom. The van der Waals surface area contributed by atoms with E-state index in [1.54, 1.807) is 0 Å². The summed E-state index contributed by atoms with van der Waals surface area (Å²) in [6.45, 7) is 1.98. The molecule has 0 bridgehead atoms. The topological polar surface area (TPSA) is 40.2 Å². The summed E-state index contributed by atoms with van der Waals surface area (Å²) in [4.78, 5) is 3.51. The van der Waals surface area contributed by atoms with Crippen molar-refractivity contribution in [3.8, 4) is 11.3 Å². The molecular weight excluding hydrogens is 342 g/mol. The predicted molar refractivity (Wildman–Crippen MR) is 111 cm³/mol. The fraction of sp³-hybridized carbons (Fsp3) is 0.0455. The first-order valence-electron chi connectivity index (χ1n) is 8.44. The van der Waals surface area contributed by atoms with Crippen molar-refractivity contribution in [3.05, 3.63) is 88.9 Å². The molecule has 4 aromatic rings. The highest BCUT2D eigenvalue weighted by atomic mass is 35.5. The van der Waals surface area contributed by atoms with Crippen LogP contribution in [0.5, 0.6) is 0 Å². The van der Waals surface area contributed by atoms with Gasteiger partial charge in [-0.2, -0.15) is 5.10 Å². The van der Waals surface area contributed by atoms with Gasteiger partial charge in [0.1, 0.15) is 0 Å². The Morgan fingerprint density at radius 3 is 2.54 bits per heavy atom. The molecule has 4 rings (SSSR count). The fourth-order valence-corrected chi connectivity index (χ4v) is 3.14. The molecular formula is C22H18ClN3. The van der Waals surface area contributed by atoms with Gasteiger partial charge in [-0.05, 0) is 36.2 Å². The van der Waals surface area contributed by atoms with Gasteiger partial charge < -0.3 is 4.98 Å². The van der Waals surface area contributed by atoms with E-state index in [-0.39, 0.29) is 0 Å². The lowest BCUT2D eigenvalue weighted by atomic mass is 10.1. The Balaban J connectivity index is 1.71. The molecule has 3 aromatic carbocycles. The van der Waals surface area contributed by atoms with E-state index in [4.69, 9.17) is 11.6 Å². The zero-order chi connectivity index (χ0) is 17.9. The zero-order valence-corrected chi connectivity index (χ0v) is 15.1. The molecule has 0 aliphatic heterocycles. The van der Waals surface area contributed by atoms with Crippen molar-refractivity contribution in [1.82, 2.24) is 4.98 Å². The SMILES string of the molecule is Cc1ccc(N/N=C/c2c(-c3ccccc3)[nH]c3ccccc23)cc1Cl. The first-order valence-corrected chi connectivity index (χ1v) is 8.81. The Bertz CT molecular complexity index is 1080. The Morgan fingerprint density at radius 1 is 0.962 bits per heavy atom. The molecule has 3 nitrogen and oxygen atoms in total. The normalized spacial score (nSPS) is 11.3. The number of anilines is 1. The number of hydrogen-bond acceptors (Lipinski definition) is 2. The molecule has 26 heavy (non-hydrogen) atoms. The van der Waals surface area contributed by atoms with Crippen LogP contribution in [0, 0.1) is 6.92 Å². The highest BCUT2D eigenvalue weighted by Gasteiger charge is 2.11. The number of aromatic nitrogens is 1. The number of hydrazone groups is 1. The molecule has 0 amide bonds. The molecule has 0 aliphatic rings. The molecule has 0 saturated heterocycles. The summed E-state index contributed by atoms with van der Waals surface area (Å²) in [6.07, 6.45) is 1.86. The Kier molecular flexibility index (Phi) is 4.46. The van der Waals surface area contributed by atoms with Crippen LogP contribution in [-0.4, -0.2) is 11.2 Å². The fourth-order valence-electron chi connectivity index (χ4n) is 2.96. The van der Waals surface area contributed by atoms with Crippen molar-refractivity contribution in [2.75, 3.05) is 5.43 Å². The third-order valence-corrected chi connectivity index (χ3v) is 4.78. The monoisotopic (exact) mass is 359 g/mol. The van der Waals surface area contributed by atoms with Crippen LogP contribution in [0.2, 0.25) is 5.02 Å². The van der Waals surface area contributed by atoms with E-state index in [2.05, 4.69) is 39.8 Å². The van der Waals surface area contributed by atoms with Crippen LogP contribution in [-0.2, 0) is 0 Å². The van der Waals surface area contributed by atoms with Gasteiger partial charge in [-0.25, -0.2) is 0 Å². The molecule has 4 heteroatoms. The van der Waals surface area contributed by atoms with E-state index in [0.717, 1.165) is 44.0 Å². The van der Waals surface area contributed by atoms with Crippen molar-refractivity contribution >= 4 is 34.4 Å². The van der Waals surface area contributed by atoms with E-state index in [9.17, 15) is 0 Å². The summed E-state index contributed by atoms with van der Waals surface area (Å²) < 4.78 is 0. The molecule has 0 saturated carbocycles. The minimum absolute atomic E-state index is 0.724. The number of halogens is 1. The van der Waals surface area contributed by atoms with Gasteiger partial charge in [0.05, 0.1) is 17.6 Å². The molecule has 1 aromatic heterocycles. The lowest BCUT2D eigenvalue weighted by Crippen LogP contribution is -1.92. The summed E-state index contributed by atoms with van der Waals surface area (Å²) in [5.74, 6) is 0. The number of nitrogens with one attached hydrogen (secondary N) is 2. The number of fused-ring (bicyclic) bond motifs is 1. The van der Waals surface area contributed by atoms with Crippen LogP contribution in [0.1, 0.15) is 11.1 Å². The minimum Gasteiger partial charge on any atom is -0.354 e. The maximum Gasteiger partial charge on any atom is 0.0576 e. The molecule has 0 fully saturated rings. The quantitative estimate of drug-likeness (QED) is 0.328. The van der Waals surface area contributed by atoms with Crippen LogP contribution in [0.15, 0.2) is 77.9 Å². The Hall–Kier alpha value is -3.04. The second-order valence-electron chi connectivity index (χ2n) is 6.16. The molecule has 0 aliphatic carbocycles. The van der Waals surface area contributed by atoms with Crippen LogP contribution < -0.4 is 5.43 Å². The van der Waals surface area contributed by atoms with E-state index in [1.807, 2.05) is 61.7 Å². The van der Waals surface area contributed by atoms with E-state index >= 15 is 0 Å². The van der Waals surface area contributed by atoms with Crippen LogP contribution in [0.3, 0.4) is 0 Å². The molecule has 0 radical (unpaired) electrons. The molecule has 0 atom stereocenters. The van der Waals surface area contributed by atoms with E-state index < -0.39 is 0 Å². The van der Waals surface area contributed by atoms with Crippen LogP contribution in [0.4, 0.5) is 5.69 Å². The van der Waals surface area contributed by atoms with Crippen LogP contribution in [0.25, 0.3) is 22.2 Å². The molecule has 1 heterocycles. The van der Waals surface area contributed by atoms with Crippen molar-refractivity contribution in [1.29, 1.82) is 0 Å². The summed E-state index contributed by atoms with van der Waals surface area (Å²) in [5.41, 5.74) is 9.30. The number of rotatable bonds is 4. The van der Waals surface area contributed by atoms with Gasteiger partial charge in [-0.1, -0.05) is 66.2 Å². The minimum atomic E-state index is 0.724. The average Bonchev–Trinajstić information content (AvgIpc) is 3.04. The maximum absolute atomic E-state index is 6.18. The molecule has 0 unspecified atom stereocenters. The number of nitrogens with zero attached hydrogens (tertiary/aromatic N) is 1. The summed E-state index contributed by atoms with van der Waals surface area (Å²) in [7, 11) is 0. The van der Waals surface area contributed by atoms with Gasteiger partial charge in [0.2, 0.25) is 0 Å². The maximum atomic E-state index is 6.18. The van der Waals surface area contributed by atoms with Gasteiger partial charge >= 0.3 is 0 Å². The molecule has 0 spiro atoms. The van der Waals surface area contributed by atoms with Crippen molar-refractivity contribution in [3.63, 3.8) is 0 Å². The first-order chi connectivity index (χ1) is 12.7. The van der Waals surface area contributed by atoms with E-state index in [1.165, 1.54) is 0 Å². The Labute approximate surface area is 157 Å². The predicted octanol–water partition coefficient (Wildman–Crippen LogP) is 6.24. The summed E-state index contributed by atoms with van der Waals surface area (Å²) in [5, 5.41) is 6.30. The standard InChI is InChI=1S/C22H18ClN3/c1-15-11-12-17(13-20(15)23)26-24-14-19-18-9-5-6-10-21(18)25-22(19)16-7-3-2-4-8-16/h2-14,25-26H,1H3/b24-14+. The third kappa shape index (κ3) is 3.22. The number of benzene rings is 3. The summed E-state index contributed by atoms with van der Waals surface area (Å²) in [6, 6.07) is 24.3. The average molecular weight is 360 g/mol. The number of aryl methyl sites for hydroxylation is 1. The number of aromatic amines is 1. The number of hydrogen-bond donors (Lipinski definition) is 2. The van der Waals surface area contributed by atoms with Crippen molar-refractivity contribution in [2.24, 2.45) is 5.10 Å². The zero-order valence-electron chi connectivity index (χ0n) is 14.3. The smallest absolute Gasteiger partial charge is 0.0576 e. The second kappa shape index (κ2) is 7.06. The number of para-hydroxylation sites is 1. The van der Waals surface area contributed by atoms with Crippen LogP contribution >= 0.6 is 11.6 Å². The lowest BCUT2D eigenvalue weighted by molar-refractivity contribution is 1.34. The largest absolute Gasteiger partial charge is 0.354 e. The molecule has 2 N–H and O–H groups in total. The highest BCUT2D eigenvalue weighted by Crippen LogP contribution is 2.29. The second-order valence-corrected chi connectivity index (χ2v) is 6.57. The van der Waals surface area contributed by atoms with Gasteiger partial charge in [0, 0.05) is 21.5 Å². The highest BCUT2D eigenvalue weighted by molar-refractivity contribution is 6.31. The number of H-pyrrole nitrogens is 1. The van der Waals surface area contributed by atoms with E-state index in [0.29, 0.717) is 0 Å². The van der Waals surface area contributed by atoms with Gasteiger partial charge in [0.25, 0.3) is 0 Å². The van der Waals surface area contributed by atoms with Crippen molar-refractivity contribution in [2.45, 2.75) is 6.92 Å². The van der Waals surface area contributed by atoms with Gasteiger partial charge in [0.15, 0.2) is 0 Å². The van der Waals surface area contributed by atoms with Gasteiger partial charge in [-0.3, -0.25) is 5.43 Å². The molecule has 128 valence electrons. The van der Waals surface area contributed by atoms with Gasteiger partial charge in [-0.15, -0.1) is 0 Å². The third-order valence-electron chi connectivity index (χ3n) is 4.37. The first kappa shape index (κ1) is 16.4.